The Kier molecular flexibility index (Phi) is 5.16. The van der Waals surface area contributed by atoms with E-state index in [2.05, 4.69) is 10.3 Å². The maximum Gasteiger partial charge on any atom is 0.266 e. The third kappa shape index (κ3) is 3.91. The fraction of sp³-hybridized carbons (Fsp3) is 0.435. The Morgan fingerprint density at radius 1 is 1.27 bits per heavy atom. The van der Waals surface area contributed by atoms with E-state index in [1.165, 1.54) is 11.3 Å². The van der Waals surface area contributed by atoms with Crippen LogP contribution in [0.4, 0.5) is 5.69 Å². The van der Waals surface area contributed by atoms with Crippen molar-refractivity contribution in [3.05, 3.63) is 46.2 Å². The highest BCUT2D eigenvalue weighted by molar-refractivity contribution is 7.20. The smallest absolute Gasteiger partial charge is 0.266 e. The fourth-order valence-electron chi connectivity index (χ4n) is 3.92. The molecule has 1 saturated carbocycles. The zero-order valence-corrected chi connectivity index (χ0v) is 18.1. The van der Waals surface area contributed by atoms with E-state index in [0.717, 1.165) is 65.3 Å². The lowest BCUT2D eigenvalue weighted by atomic mass is 10.1. The van der Waals surface area contributed by atoms with Crippen LogP contribution in [0.5, 0.6) is 5.75 Å². The maximum absolute atomic E-state index is 13.0. The van der Waals surface area contributed by atoms with Crippen molar-refractivity contribution in [1.29, 1.82) is 0 Å². The number of fused-ring (bicyclic) bond motifs is 1. The molecule has 1 N–H and O–H groups in total. The summed E-state index contributed by atoms with van der Waals surface area (Å²) >= 11 is 1.45. The highest BCUT2D eigenvalue weighted by Gasteiger charge is 2.28. The summed E-state index contributed by atoms with van der Waals surface area (Å²) in [7, 11) is 0. The molecule has 1 amide bonds. The first-order valence-corrected chi connectivity index (χ1v) is 11.3. The largest absolute Gasteiger partial charge is 0.491 e. The summed E-state index contributed by atoms with van der Waals surface area (Å²) in [6.45, 7) is 5.33. The summed E-state index contributed by atoms with van der Waals surface area (Å²) < 4.78 is 11.5. The first kappa shape index (κ1) is 19.5. The average molecular weight is 424 g/mol. The Bertz CT molecular complexity index is 1100. The van der Waals surface area contributed by atoms with E-state index in [9.17, 15) is 4.79 Å². The molecule has 2 aliphatic rings. The zero-order valence-electron chi connectivity index (χ0n) is 17.2. The van der Waals surface area contributed by atoms with Crippen molar-refractivity contribution in [1.82, 2.24) is 9.97 Å². The number of nitrogens with one attached hydrogen (secondary N) is 1. The van der Waals surface area contributed by atoms with E-state index in [-0.39, 0.29) is 12.0 Å². The van der Waals surface area contributed by atoms with Gasteiger partial charge in [0.2, 0.25) is 0 Å². The zero-order chi connectivity index (χ0) is 20.7. The van der Waals surface area contributed by atoms with Gasteiger partial charge < -0.3 is 14.8 Å². The van der Waals surface area contributed by atoms with E-state index >= 15 is 0 Å². The highest BCUT2D eigenvalue weighted by atomic mass is 32.1. The number of amides is 1. The number of anilines is 1. The second kappa shape index (κ2) is 7.96. The van der Waals surface area contributed by atoms with Crippen LogP contribution in [0.25, 0.3) is 10.2 Å². The van der Waals surface area contributed by atoms with Crippen LogP contribution in [-0.2, 0) is 4.74 Å². The van der Waals surface area contributed by atoms with E-state index < -0.39 is 0 Å². The number of carbonyl (C=O) groups is 1. The summed E-state index contributed by atoms with van der Waals surface area (Å²) in [6.07, 6.45) is 4.60. The van der Waals surface area contributed by atoms with Gasteiger partial charge in [-0.2, -0.15) is 0 Å². The number of benzene rings is 1. The van der Waals surface area contributed by atoms with E-state index in [1.54, 1.807) is 0 Å². The minimum absolute atomic E-state index is 0.126. The molecule has 1 aliphatic carbocycles. The molecule has 6 nitrogen and oxygen atoms in total. The molecule has 1 aliphatic heterocycles. The third-order valence-electron chi connectivity index (χ3n) is 5.69. The SMILES string of the molecule is Cc1nc(C2CC2)nc2sc(C(=O)Nc3cccc(OCC4CCCO4)c3)c(C)c12. The molecule has 7 heteroatoms. The van der Waals surface area contributed by atoms with Crippen LogP contribution >= 0.6 is 11.3 Å². The molecule has 0 bridgehead atoms. The van der Waals surface area contributed by atoms with Crippen LogP contribution < -0.4 is 10.1 Å². The Morgan fingerprint density at radius 2 is 2.13 bits per heavy atom. The van der Waals surface area contributed by atoms with Gasteiger partial charge in [0.05, 0.1) is 16.7 Å². The van der Waals surface area contributed by atoms with Gasteiger partial charge >= 0.3 is 0 Å². The van der Waals surface area contributed by atoms with E-state index in [4.69, 9.17) is 14.5 Å². The van der Waals surface area contributed by atoms with Gasteiger partial charge in [-0.15, -0.1) is 11.3 Å². The summed E-state index contributed by atoms with van der Waals surface area (Å²) in [5, 5.41) is 4.01. The van der Waals surface area contributed by atoms with Crippen molar-refractivity contribution in [3.63, 3.8) is 0 Å². The summed E-state index contributed by atoms with van der Waals surface area (Å²) in [5.74, 6) is 2.01. The number of thiophene rings is 1. The van der Waals surface area contributed by atoms with E-state index in [0.29, 0.717) is 23.1 Å². The summed E-state index contributed by atoms with van der Waals surface area (Å²) in [6, 6.07) is 7.50. The molecule has 1 unspecified atom stereocenters. The number of aromatic nitrogens is 2. The van der Waals surface area contributed by atoms with Gasteiger partial charge in [-0.05, 0) is 57.2 Å². The van der Waals surface area contributed by atoms with Crippen molar-refractivity contribution in [2.75, 3.05) is 18.5 Å². The molecule has 2 aromatic heterocycles. The third-order valence-corrected chi connectivity index (χ3v) is 6.87. The molecular formula is C23H25N3O3S. The molecule has 2 fully saturated rings. The number of nitrogens with zero attached hydrogens (tertiary/aromatic N) is 2. The fourth-order valence-corrected chi connectivity index (χ4v) is 5.05. The number of rotatable bonds is 6. The molecule has 156 valence electrons. The monoisotopic (exact) mass is 423 g/mol. The van der Waals surface area contributed by atoms with Crippen molar-refractivity contribution in [2.24, 2.45) is 0 Å². The highest BCUT2D eigenvalue weighted by Crippen LogP contribution is 2.40. The molecule has 1 aromatic carbocycles. The predicted molar refractivity (Wildman–Crippen MR) is 118 cm³/mol. The number of ether oxygens (including phenoxy) is 2. The van der Waals surface area contributed by atoms with Gasteiger partial charge in [0.15, 0.2) is 0 Å². The van der Waals surface area contributed by atoms with Crippen molar-refractivity contribution >= 4 is 33.1 Å². The topological polar surface area (TPSA) is 73.3 Å². The first-order chi connectivity index (χ1) is 14.6. The van der Waals surface area contributed by atoms with Crippen LogP contribution in [0, 0.1) is 13.8 Å². The number of hydrogen-bond donors (Lipinski definition) is 1. The summed E-state index contributed by atoms with van der Waals surface area (Å²) in [4.78, 5) is 24.0. The lowest BCUT2D eigenvalue weighted by Gasteiger charge is -2.12. The minimum atomic E-state index is -0.126. The number of aryl methyl sites for hydroxylation is 2. The van der Waals surface area contributed by atoms with Crippen LogP contribution in [0.1, 0.15) is 58.4 Å². The van der Waals surface area contributed by atoms with Gasteiger partial charge in [-0.3, -0.25) is 4.79 Å². The lowest BCUT2D eigenvalue weighted by Crippen LogP contribution is -2.16. The van der Waals surface area contributed by atoms with Crippen molar-refractivity contribution in [2.45, 2.75) is 51.6 Å². The Hall–Kier alpha value is -2.51. The van der Waals surface area contributed by atoms with Crippen LogP contribution in [-0.4, -0.2) is 35.2 Å². The minimum Gasteiger partial charge on any atom is -0.491 e. The van der Waals surface area contributed by atoms with Gasteiger partial charge in [0.1, 0.15) is 23.0 Å². The normalized spacial score (nSPS) is 18.7. The van der Waals surface area contributed by atoms with Gasteiger partial charge in [-0.1, -0.05) is 6.07 Å². The molecule has 30 heavy (non-hydrogen) atoms. The number of carbonyl (C=O) groups excluding carboxylic acids is 1. The van der Waals surface area contributed by atoms with Gasteiger partial charge in [-0.25, -0.2) is 9.97 Å². The van der Waals surface area contributed by atoms with Crippen molar-refractivity contribution in [3.8, 4) is 5.75 Å². The standard InChI is InChI=1S/C23H25N3O3S/c1-13-19-14(2)24-21(15-8-9-15)26-23(19)30-20(13)22(27)25-16-5-3-6-17(11-16)29-12-18-7-4-10-28-18/h3,5-6,11,15,18H,4,7-10,12H2,1-2H3,(H,25,27). The second-order valence-electron chi connectivity index (χ2n) is 8.11. The van der Waals surface area contributed by atoms with E-state index in [1.807, 2.05) is 38.1 Å². The first-order valence-electron chi connectivity index (χ1n) is 10.5. The Balaban J connectivity index is 1.33. The molecule has 3 heterocycles. The van der Waals surface area contributed by atoms with Crippen molar-refractivity contribution < 1.29 is 14.3 Å². The Labute approximate surface area is 179 Å². The second-order valence-corrected chi connectivity index (χ2v) is 9.10. The Morgan fingerprint density at radius 3 is 2.90 bits per heavy atom. The predicted octanol–water partition coefficient (Wildman–Crippen LogP) is 5.00. The average Bonchev–Trinajstić information content (AvgIpc) is 3.34. The van der Waals surface area contributed by atoms with Crippen LogP contribution in [0.3, 0.4) is 0 Å². The molecule has 1 atom stereocenters. The van der Waals surface area contributed by atoms with Gasteiger partial charge in [0.25, 0.3) is 5.91 Å². The molecule has 0 radical (unpaired) electrons. The molecule has 5 rings (SSSR count). The quantitative estimate of drug-likeness (QED) is 0.604. The van der Waals surface area contributed by atoms with Gasteiger partial charge in [0, 0.05) is 29.7 Å². The lowest BCUT2D eigenvalue weighted by molar-refractivity contribution is 0.0680. The van der Waals surface area contributed by atoms with Crippen LogP contribution in [0.2, 0.25) is 0 Å². The molecule has 0 spiro atoms. The summed E-state index contributed by atoms with van der Waals surface area (Å²) in [5.41, 5.74) is 2.61. The maximum atomic E-state index is 13.0. The number of hydrogen-bond acceptors (Lipinski definition) is 6. The molecule has 3 aromatic rings. The molecular weight excluding hydrogens is 398 g/mol. The molecule has 1 saturated heterocycles. The van der Waals surface area contributed by atoms with Crippen LogP contribution in [0.15, 0.2) is 24.3 Å².